The molecule has 0 spiro atoms. The summed E-state index contributed by atoms with van der Waals surface area (Å²) in [6.07, 6.45) is 6.03. The van der Waals surface area contributed by atoms with Crippen molar-refractivity contribution in [2.75, 3.05) is 18.0 Å². The minimum Gasteiger partial charge on any atom is -0.386 e. The summed E-state index contributed by atoms with van der Waals surface area (Å²) in [5.74, 6) is 0.830. The van der Waals surface area contributed by atoms with Gasteiger partial charge in [-0.3, -0.25) is 0 Å². The molecule has 0 radical (unpaired) electrons. The molecule has 1 aliphatic rings. The Morgan fingerprint density at radius 1 is 1.13 bits per heavy atom. The van der Waals surface area contributed by atoms with Crippen molar-refractivity contribution in [1.29, 1.82) is 0 Å². The minimum atomic E-state index is -0.669. The zero-order valence-corrected chi connectivity index (χ0v) is 16.0. The number of hydrogen-bond donors (Lipinski definition) is 1. The Morgan fingerprint density at radius 3 is 2.43 bits per heavy atom. The van der Waals surface area contributed by atoms with Gasteiger partial charge < -0.3 is 10.0 Å². The van der Waals surface area contributed by atoms with E-state index in [0.717, 1.165) is 30.4 Å². The van der Waals surface area contributed by atoms with Crippen molar-refractivity contribution in [2.45, 2.75) is 18.9 Å². The molecule has 1 N–H and O–H groups in total. The molecule has 0 aliphatic carbocycles. The maximum Gasteiger partial charge on any atom is 0.225 e. The molecule has 0 aromatic carbocycles. The van der Waals surface area contributed by atoms with Crippen LogP contribution in [-0.2, 0) is 0 Å². The van der Waals surface area contributed by atoms with Gasteiger partial charge in [0.15, 0.2) is 0 Å². The van der Waals surface area contributed by atoms with Crippen LogP contribution in [0, 0.1) is 5.92 Å². The lowest BCUT2D eigenvalue weighted by Gasteiger charge is -2.34. The van der Waals surface area contributed by atoms with Gasteiger partial charge in [-0.2, -0.15) is 0 Å². The van der Waals surface area contributed by atoms with Gasteiger partial charge in [-0.1, -0.05) is 0 Å². The number of piperidine rings is 1. The third-order valence-corrected chi connectivity index (χ3v) is 5.10. The zero-order chi connectivity index (χ0) is 16.4. The third kappa shape index (κ3) is 3.99. The van der Waals surface area contributed by atoms with E-state index >= 15 is 0 Å². The van der Waals surface area contributed by atoms with Crippen LogP contribution in [0.2, 0.25) is 5.28 Å². The van der Waals surface area contributed by atoms with Gasteiger partial charge in [-0.25, -0.2) is 19.9 Å². The first kappa shape index (κ1) is 17.0. The molecule has 1 atom stereocenters. The van der Waals surface area contributed by atoms with Crippen LogP contribution >= 0.6 is 43.5 Å². The van der Waals surface area contributed by atoms with E-state index in [4.69, 9.17) is 11.6 Å². The highest BCUT2D eigenvalue weighted by molar-refractivity contribution is 9.10. The highest BCUT2D eigenvalue weighted by atomic mass is 79.9. The topological polar surface area (TPSA) is 75.0 Å². The van der Waals surface area contributed by atoms with Crippen molar-refractivity contribution >= 4 is 49.4 Å². The second-order valence-corrected chi connectivity index (χ2v) is 7.45. The van der Waals surface area contributed by atoms with E-state index in [1.807, 2.05) is 0 Å². The number of nitrogens with zero attached hydrogens (tertiary/aromatic N) is 5. The van der Waals surface area contributed by atoms with Gasteiger partial charge in [0, 0.05) is 31.7 Å². The van der Waals surface area contributed by atoms with Gasteiger partial charge in [0.05, 0.1) is 14.6 Å². The third-order valence-electron chi connectivity index (χ3n) is 3.90. The quantitative estimate of drug-likeness (QED) is 0.704. The predicted octanol–water partition coefficient (Wildman–Crippen LogP) is 3.40. The first-order chi connectivity index (χ1) is 11.0. The van der Waals surface area contributed by atoms with Crippen molar-refractivity contribution < 1.29 is 5.11 Å². The van der Waals surface area contributed by atoms with Crippen LogP contribution in [0.5, 0.6) is 0 Å². The number of aromatic nitrogens is 4. The maximum atomic E-state index is 10.6. The van der Waals surface area contributed by atoms with Crippen LogP contribution in [0.4, 0.5) is 5.95 Å². The van der Waals surface area contributed by atoms with E-state index in [1.54, 1.807) is 18.6 Å². The molecule has 0 saturated carbocycles. The molecule has 23 heavy (non-hydrogen) atoms. The van der Waals surface area contributed by atoms with Crippen LogP contribution in [0.15, 0.2) is 27.5 Å². The summed E-state index contributed by atoms with van der Waals surface area (Å²) in [6.45, 7) is 1.58. The molecule has 9 heteroatoms. The fraction of sp³-hybridized carbons (Fsp3) is 0.429. The molecule has 122 valence electrons. The van der Waals surface area contributed by atoms with E-state index in [0.29, 0.717) is 16.1 Å². The molecule has 1 fully saturated rings. The second kappa shape index (κ2) is 7.38. The molecule has 1 aliphatic heterocycles. The van der Waals surface area contributed by atoms with E-state index in [2.05, 4.69) is 56.7 Å². The molecular formula is C14H14Br2ClN5O. The van der Waals surface area contributed by atoms with Gasteiger partial charge in [0.1, 0.15) is 6.10 Å². The number of anilines is 1. The monoisotopic (exact) mass is 461 g/mol. The van der Waals surface area contributed by atoms with Crippen molar-refractivity contribution in [2.24, 2.45) is 5.92 Å². The van der Waals surface area contributed by atoms with Crippen LogP contribution < -0.4 is 4.90 Å². The first-order valence-corrected chi connectivity index (χ1v) is 9.09. The molecule has 0 amide bonds. The molecule has 1 saturated heterocycles. The average Bonchev–Trinajstić information content (AvgIpc) is 2.57. The average molecular weight is 464 g/mol. The Hall–Kier alpha value is -0.830. The minimum absolute atomic E-state index is 0.115. The normalized spacial score (nSPS) is 17.3. The summed E-state index contributed by atoms with van der Waals surface area (Å²) in [5.41, 5.74) is 0.545. The summed E-state index contributed by atoms with van der Waals surface area (Å²) < 4.78 is 1.53. The lowest BCUT2D eigenvalue weighted by molar-refractivity contribution is 0.0881. The van der Waals surface area contributed by atoms with Crippen LogP contribution in [-0.4, -0.2) is 38.1 Å². The largest absolute Gasteiger partial charge is 0.386 e. The maximum absolute atomic E-state index is 10.6. The van der Waals surface area contributed by atoms with Crippen LogP contribution in [0.25, 0.3) is 0 Å². The van der Waals surface area contributed by atoms with Gasteiger partial charge in [-0.05, 0) is 62.2 Å². The van der Waals surface area contributed by atoms with Crippen LogP contribution in [0.3, 0.4) is 0 Å². The fourth-order valence-electron chi connectivity index (χ4n) is 2.67. The van der Waals surface area contributed by atoms with E-state index < -0.39 is 6.10 Å². The number of aliphatic hydroxyl groups excluding tert-OH is 1. The Kier molecular flexibility index (Phi) is 5.45. The lowest BCUT2D eigenvalue weighted by atomic mass is 9.89. The second-order valence-electron chi connectivity index (χ2n) is 5.34. The summed E-state index contributed by atoms with van der Waals surface area (Å²) in [6, 6.07) is 0. The summed E-state index contributed by atoms with van der Waals surface area (Å²) in [4.78, 5) is 18.8. The molecule has 2 aromatic heterocycles. The summed E-state index contributed by atoms with van der Waals surface area (Å²) >= 11 is 12.5. The number of halogens is 3. The summed E-state index contributed by atoms with van der Waals surface area (Å²) in [5, 5.41) is 10.8. The zero-order valence-electron chi connectivity index (χ0n) is 12.0. The van der Waals surface area contributed by atoms with Gasteiger partial charge in [0.25, 0.3) is 0 Å². The Bertz CT molecular complexity index is 679. The standard InChI is InChI=1S/C14H14Br2ClN5O/c15-9-5-19-14(20-6-9)22-3-1-8(2-4-22)12(23)11-10(16)7-18-13(17)21-11/h5-8,12,23H,1-4H2. The highest BCUT2D eigenvalue weighted by Gasteiger charge is 2.29. The molecule has 3 rings (SSSR count). The lowest BCUT2D eigenvalue weighted by Crippen LogP contribution is -2.36. The molecule has 0 bridgehead atoms. The Labute approximate surface area is 155 Å². The first-order valence-electron chi connectivity index (χ1n) is 7.13. The molecular weight excluding hydrogens is 449 g/mol. The van der Waals surface area contributed by atoms with Crippen molar-refractivity contribution in [1.82, 2.24) is 19.9 Å². The molecule has 2 aromatic rings. The van der Waals surface area contributed by atoms with E-state index in [1.165, 1.54) is 0 Å². The van der Waals surface area contributed by atoms with Crippen molar-refractivity contribution in [3.8, 4) is 0 Å². The predicted molar refractivity (Wildman–Crippen MR) is 94.4 cm³/mol. The van der Waals surface area contributed by atoms with Gasteiger partial charge in [0.2, 0.25) is 11.2 Å². The van der Waals surface area contributed by atoms with Gasteiger partial charge in [-0.15, -0.1) is 0 Å². The Balaban J connectivity index is 1.66. The molecule has 1 unspecified atom stereocenters. The number of aliphatic hydroxyl groups is 1. The summed E-state index contributed by atoms with van der Waals surface area (Å²) in [7, 11) is 0. The number of hydrogen-bond acceptors (Lipinski definition) is 6. The SMILES string of the molecule is OC(c1nc(Cl)ncc1Br)C1CCN(c2ncc(Br)cn2)CC1. The fourth-order valence-corrected chi connectivity index (χ4v) is 3.44. The molecule has 3 heterocycles. The number of rotatable bonds is 3. The van der Waals surface area contributed by atoms with E-state index in [-0.39, 0.29) is 11.2 Å². The Morgan fingerprint density at radius 2 is 1.78 bits per heavy atom. The smallest absolute Gasteiger partial charge is 0.225 e. The van der Waals surface area contributed by atoms with Crippen molar-refractivity contribution in [3.63, 3.8) is 0 Å². The van der Waals surface area contributed by atoms with Crippen LogP contribution in [0.1, 0.15) is 24.6 Å². The van der Waals surface area contributed by atoms with Gasteiger partial charge >= 0.3 is 0 Å². The highest BCUT2D eigenvalue weighted by Crippen LogP contribution is 2.34. The van der Waals surface area contributed by atoms with E-state index in [9.17, 15) is 5.11 Å². The molecule has 6 nitrogen and oxygen atoms in total. The van der Waals surface area contributed by atoms with Crippen molar-refractivity contribution in [3.05, 3.63) is 38.5 Å².